The van der Waals surface area contributed by atoms with E-state index in [2.05, 4.69) is 30.3 Å². The third kappa shape index (κ3) is 5.69. The number of aromatic nitrogens is 2. The van der Waals surface area contributed by atoms with Gasteiger partial charge in [0.2, 0.25) is 0 Å². The van der Waals surface area contributed by atoms with Gasteiger partial charge in [0.05, 0.1) is 0 Å². The number of fused-ring (bicyclic) bond motifs is 1. The molecule has 158 valence electrons. The van der Waals surface area contributed by atoms with Gasteiger partial charge in [-0.15, -0.1) is 0 Å². The summed E-state index contributed by atoms with van der Waals surface area (Å²) >= 11 is -0.949. The third-order valence-corrected chi connectivity index (χ3v) is 11.1. The summed E-state index contributed by atoms with van der Waals surface area (Å²) in [6, 6.07) is 14.8. The van der Waals surface area contributed by atoms with Crippen LogP contribution in [0.15, 0.2) is 59.6 Å². The van der Waals surface area contributed by atoms with Gasteiger partial charge in [-0.3, -0.25) is 0 Å². The molecule has 0 saturated carbocycles. The van der Waals surface area contributed by atoms with E-state index in [0.29, 0.717) is 6.54 Å². The molecule has 8 heteroatoms. The van der Waals surface area contributed by atoms with Crippen LogP contribution in [0.1, 0.15) is 36.0 Å². The number of anilines is 1. The Hall–Kier alpha value is -1.85. The minimum atomic E-state index is -0.949. The molecular weight excluding hydrogens is 604 g/mol. The first-order valence-electron chi connectivity index (χ1n) is 10.3. The molecule has 1 amide bonds. The SMILES string of the molecule is [CH2]=[Tl][S]c1cccc(NC(=O)CNCc2cnc3n2C(c2cccc(F)c2)CCC3)c1. The summed E-state index contributed by atoms with van der Waals surface area (Å²) < 4.78 is 20.0. The molecule has 1 aliphatic heterocycles. The second-order valence-corrected chi connectivity index (χ2v) is 15.1. The summed E-state index contributed by atoms with van der Waals surface area (Å²) in [5.41, 5.74) is 2.78. The molecule has 0 aliphatic carbocycles. The van der Waals surface area contributed by atoms with Crippen LogP contribution < -0.4 is 10.6 Å². The zero-order valence-corrected chi connectivity index (χ0v) is 22.5. The van der Waals surface area contributed by atoms with Crippen molar-refractivity contribution in [3.05, 3.63) is 77.6 Å². The number of amides is 1. The number of aryl methyl sites for hydroxylation is 1. The predicted octanol–water partition coefficient (Wildman–Crippen LogP) is 3.82. The van der Waals surface area contributed by atoms with E-state index in [0.717, 1.165) is 42.0 Å². The summed E-state index contributed by atoms with van der Waals surface area (Å²) in [6.45, 7) is 0.731. The predicted molar refractivity (Wildman–Crippen MR) is 125 cm³/mol. The van der Waals surface area contributed by atoms with E-state index < -0.39 is 22.2 Å². The fraction of sp³-hybridized carbons (Fsp3) is 0.261. The molecule has 2 N–H and O–H groups in total. The maximum absolute atomic E-state index is 13.8. The Morgan fingerprint density at radius 2 is 2.16 bits per heavy atom. The molecule has 1 aliphatic rings. The number of halogens is 1. The molecule has 0 spiro atoms. The molecule has 2 heterocycles. The molecule has 4 rings (SSSR count). The van der Waals surface area contributed by atoms with Crippen LogP contribution in [0, 0.1) is 5.82 Å². The van der Waals surface area contributed by atoms with Crippen molar-refractivity contribution in [2.24, 2.45) is 0 Å². The molecule has 31 heavy (non-hydrogen) atoms. The van der Waals surface area contributed by atoms with Gasteiger partial charge >= 0.3 is 137 Å². The van der Waals surface area contributed by atoms with Gasteiger partial charge in [0.1, 0.15) is 5.82 Å². The topological polar surface area (TPSA) is 59.0 Å². The Kier molecular flexibility index (Phi) is 7.68. The van der Waals surface area contributed by atoms with E-state index in [9.17, 15) is 9.18 Å². The van der Waals surface area contributed by atoms with Crippen LogP contribution in [0.4, 0.5) is 10.1 Å². The fourth-order valence-corrected chi connectivity index (χ4v) is 8.50. The van der Waals surface area contributed by atoms with Gasteiger partial charge in [0.15, 0.2) is 0 Å². The monoisotopic (exact) mass is 628 g/mol. The Labute approximate surface area is 195 Å². The molecule has 1 unspecified atom stereocenters. The maximum atomic E-state index is 13.8. The van der Waals surface area contributed by atoms with Gasteiger partial charge in [-0.25, -0.2) is 4.39 Å². The summed E-state index contributed by atoms with van der Waals surface area (Å²) in [4.78, 5) is 18.1. The van der Waals surface area contributed by atoms with Crippen molar-refractivity contribution in [2.45, 2.75) is 36.7 Å². The van der Waals surface area contributed by atoms with Crippen LogP contribution >= 0.6 is 8.31 Å². The van der Waals surface area contributed by atoms with Gasteiger partial charge in [-0.2, -0.15) is 0 Å². The molecule has 0 saturated heterocycles. The minimum absolute atomic E-state index is 0.0752. The Morgan fingerprint density at radius 3 is 3.00 bits per heavy atom. The third-order valence-electron chi connectivity index (χ3n) is 5.30. The first-order valence-corrected chi connectivity index (χ1v) is 19.9. The van der Waals surface area contributed by atoms with Gasteiger partial charge in [0, 0.05) is 6.42 Å². The number of nitrogens with one attached hydrogen (secondary N) is 2. The average Bonchev–Trinajstić information content (AvgIpc) is 3.17. The quantitative estimate of drug-likeness (QED) is 0.373. The first kappa shape index (κ1) is 22.3. The van der Waals surface area contributed by atoms with Crippen LogP contribution in [0.3, 0.4) is 0 Å². The number of hydrogen-bond acceptors (Lipinski definition) is 4. The van der Waals surface area contributed by atoms with Crippen LogP contribution in [0.5, 0.6) is 0 Å². The van der Waals surface area contributed by atoms with E-state index in [1.165, 1.54) is 11.0 Å². The van der Waals surface area contributed by atoms with E-state index in [-0.39, 0.29) is 24.3 Å². The molecule has 2 aromatic carbocycles. The standard InChI is InChI=1S/C22H23FN4OS.CH2.Tl/c23-16-5-1-4-15(10-16)20-8-3-9-21-25-13-18(27(20)21)12-24-14-22(28)26-17-6-2-7-19(29)11-17;;/h1-2,4-7,10-11,13,20,24,29H,3,8-9,12,14H2,(H,26,28);1H2;/q;;+1/p-1. The van der Waals surface area contributed by atoms with Crippen LogP contribution in [-0.2, 0) is 17.8 Å². The van der Waals surface area contributed by atoms with Gasteiger partial charge in [0.25, 0.3) is 0 Å². The first-order chi connectivity index (χ1) is 15.1. The van der Waals surface area contributed by atoms with Crippen LogP contribution in [-0.4, -0.2) is 48.3 Å². The van der Waals surface area contributed by atoms with Crippen LogP contribution in [0.25, 0.3) is 0 Å². The molecular formula is C23H24FN4OSTl. The zero-order valence-electron chi connectivity index (χ0n) is 17.2. The molecule has 3 aromatic rings. The Morgan fingerprint density at radius 1 is 1.29 bits per heavy atom. The Balaban J connectivity index is 1.39. The van der Waals surface area contributed by atoms with Crippen molar-refractivity contribution in [3.63, 3.8) is 0 Å². The summed E-state index contributed by atoms with van der Waals surface area (Å²) in [5.74, 6) is 0.717. The fourth-order valence-electron chi connectivity index (χ4n) is 4.00. The van der Waals surface area contributed by atoms with E-state index in [1.807, 2.05) is 38.8 Å². The average molecular weight is 628 g/mol. The number of benzene rings is 2. The number of hydrogen-bond donors (Lipinski definition) is 2. The van der Waals surface area contributed by atoms with Gasteiger partial charge in [-0.05, 0) is 30.5 Å². The van der Waals surface area contributed by atoms with Crippen molar-refractivity contribution in [3.8, 4) is 0 Å². The molecule has 0 fully saturated rings. The van der Waals surface area contributed by atoms with Crippen molar-refractivity contribution in [1.82, 2.24) is 14.9 Å². The number of nitrogens with zero attached hydrogens (tertiary/aromatic N) is 2. The Bertz CT molecular complexity index is 1090. The van der Waals surface area contributed by atoms with Crippen molar-refractivity contribution in [1.29, 1.82) is 0 Å². The number of rotatable bonds is 8. The molecule has 1 aromatic heterocycles. The summed E-state index contributed by atoms with van der Waals surface area (Å²) in [6.07, 6.45) is 4.76. The summed E-state index contributed by atoms with van der Waals surface area (Å²) in [7, 11) is 1.84. The molecule has 0 radical (unpaired) electrons. The normalized spacial score (nSPS) is 15.2. The van der Waals surface area contributed by atoms with E-state index in [1.54, 1.807) is 12.1 Å². The number of carbonyl (C=O) groups is 1. The molecule has 1 atom stereocenters. The van der Waals surface area contributed by atoms with E-state index in [4.69, 9.17) is 0 Å². The van der Waals surface area contributed by atoms with Crippen molar-refractivity contribution in [2.75, 3.05) is 11.9 Å². The van der Waals surface area contributed by atoms with Gasteiger partial charge in [-0.1, -0.05) is 12.1 Å². The van der Waals surface area contributed by atoms with Crippen molar-refractivity contribution < 1.29 is 9.18 Å². The second-order valence-electron chi connectivity index (χ2n) is 7.46. The van der Waals surface area contributed by atoms with Gasteiger partial charge < -0.3 is 0 Å². The second kappa shape index (κ2) is 10.6. The number of carbonyl (C=O) groups excluding carboxylic acids is 1. The van der Waals surface area contributed by atoms with Crippen LogP contribution in [0.2, 0.25) is 0 Å². The summed E-state index contributed by atoms with van der Waals surface area (Å²) in [5, 5.41) is 6.18. The van der Waals surface area contributed by atoms with Crippen molar-refractivity contribution >= 4 is 46.2 Å². The molecule has 0 bridgehead atoms. The number of imidazole rings is 1. The van der Waals surface area contributed by atoms with E-state index >= 15 is 0 Å². The zero-order chi connectivity index (χ0) is 21.6. The molecule has 5 nitrogen and oxygen atoms in total.